The molecule has 1 heterocycles. The normalized spacial score (nSPS) is 11.0. The van der Waals surface area contributed by atoms with Crippen LogP contribution in [0, 0.1) is 0 Å². The minimum absolute atomic E-state index is 0.0771. The second-order valence-electron chi connectivity index (χ2n) is 5.26. The van der Waals surface area contributed by atoms with E-state index in [9.17, 15) is 4.79 Å². The van der Waals surface area contributed by atoms with Crippen LogP contribution in [0.2, 0.25) is 10.0 Å². The molecule has 1 N–H and O–H groups in total. The van der Waals surface area contributed by atoms with Crippen LogP contribution in [0.25, 0.3) is 10.9 Å². The molecule has 0 aliphatic heterocycles. The minimum atomic E-state index is -0.0771. The van der Waals surface area contributed by atoms with Gasteiger partial charge in [-0.15, -0.1) is 11.8 Å². The van der Waals surface area contributed by atoms with E-state index < -0.39 is 0 Å². The molecule has 0 bridgehead atoms. The van der Waals surface area contributed by atoms with E-state index in [0.29, 0.717) is 21.5 Å². The van der Waals surface area contributed by atoms with Crippen LogP contribution in [-0.2, 0) is 11.3 Å². The first-order chi connectivity index (χ1) is 11.6. The van der Waals surface area contributed by atoms with Crippen molar-refractivity contribution in [3.05, 3.63) is 58.7 Å². The van der Waals surface area contributed by atoms with Crippen molar-refractivity contribution in [1.29, 1.82) is 0 Å². The van der Waals surface area contributed by atoms with Crippen LogP contribution < -0.4 is 5.32 Å². The monoisotopic (exact) mass is 378 g/mol. The van der Waals surface area contributed by atoms with E-state index in [2.05, 4.69) is 35.1 Å². The average Bonchev–Trinajstić information content (AvgIpc) is 2.94. The molecular formula is C18H16Cl2N2OS. The number of thioether (sulfide) groups is 1. The number of nitrogens with zero attached hydrogens (tertiary/aromatic N) is 1. The van der Waals surface area contributed by atoms with Crippen LogP contribution in [0.1, 0.15) is 6.92 Å². The Morgan fingerprint density at radius 2 is 1.96 bits per heavy atom. The number of amides is 1. The maximum Gasteiger partial charge on any atom is 0.234 e. The highest BCUT2D eigenvalue weighted by atomic mass is 35.5. The summed E-state index contributed by atoms with van der Waals surface area (Å²) in [5.41, 5.74) is 1.83. The second-order valence-corrected chi connectivity index (χ2v) is 7.09. The Hall–Kier alpha value is -1.62. The van der Waals surface area contributed by atoms with Gasteiger partial charge in [-0.25, -0.2) is 0 Å². The van der Waals surface area contributed by atoms with Crippen LogP contribution in [0.4, 0.5) is 5.69 Å². The van der Waals surface area contributed by atoms with Crippen LogP contribution in [-0.4, -0.2) is 16.2 Å². The number of benzene rings is 2. The molecule has 0 aliphatic carbocycles. The number of carbonyl (C=O) groups excluding carboxylic acids is 1. The molecule has 6 heteroatoms. The third kappa shape index (κ3) is 3.72. The van der Waals surface area contributed by atoms with Gasteiger partial charge in [0.1, 0.15) is 0 Å². The molecule has 1 aromatic heterocycles. The molecule has 0 fully saturated rings. The number of fused-ring (bicyclic) bond motifs is 1. The zero-order valence-corrected chi connectivity index (χ0v) is 15.4. The third-order valence-electron chi connectivity index (χ3n) is 3.65. The van der Waals surface area contributed by atoms with Gasteiger partial charge in [0.05, 0.1) is 15.8 Å². The zero-order chi connectivity index (χ0) is 17.1. The van der Waals surface area contributed by atoms with E-state index in [1.807, 2.05) is 12.1 Å². The summed E-state index contributed by atoms with van der Waals surface area (Å²) in [6, 6.07) is 13.3. The summed E-state index contributed by atoms with van der Waals surface area (Å²) in [5, 5.41) is 4.91. The lowest BCUT2D eigenvalue weighted by atomic mass is 10.2. The number of aryl methyl sites for hydroxylation is 1. The molecule has 2 aromatic carbocycles. The van der Waals surface area contributed by atoms with Gasteiger partial charge in [0.2, 0.25) is 5.91 Å². The molecule has 0 atom stereocenters. The molecule has 1 amide bonds. The quantitative estimate of drug-likeness (QED) is 0.577. The summed E-state index contributed by atoms with van der Waals surface area (Å²) in [5.74, 6) is 0.254. The molecular weight excluding hydrogens is 363 g/mol. The minimum Gasteiger partial charge on any atom is -0.347 e. The number of para-hydroxylation sites is 1. The smallest absolute Gasteiger partial charge is 0.234 e. The van der Waals surface area contributed by atoms with Crippen LogP contribution >= 0.6 is 35.0 Å². The highest BCUT2D eigenvalue weighted by Crippen LogP contribution is 2.30. The predicted octanol–water partition coefficient (Wildman–Crippen LogP) is 5.70. The number of anilines is 1. The standard InChI is InChI=1S/C18H16Cl2N2OS/c1-2-22-10-17(13-5-3-4-6-16(13)22)24-11-18(23)21-12-7-8-14(19)15(20)9-12/h3-10H,2,11H2,1H3,(H,21,23). The van der Waals surface area contributed by atoms with Gasteiger partial charge < -0.3 is 9.88 Å². The Balaban J connectivity index is 1.69. The largest absolute Gasteiger partial charge is 0.347 e. The lowest BCUT2D eigenvalue weighted by Crippen LogP contribution is -2.13. The van der Waals surface area contributed by atoms with E-state index in [1.54, 1.807) is 18.2 Å². The first-order valence-corrected chi connectivity index (χ1v) is 9.28. The summed E-state index contributed by atoms with van der Waals surface area (Å²) >= 11 is 13.4. The Morgan fingerprint density at radius 3 is 2.71 bits per heavy atom. The fraction of sp³-hybridized carbons (Fsp3) is 0.167. The van der Waals surface area contributed by atoms with E-state index >= 15 is 0 Å². The van der Waals surface area contributed by atoms with Gasteiger partial charge in [0.15, 0.2) is 0 Å². The highest BCUT2D eigenvalue weighted by molar-refractivity contribution is 8.00. The topological polar surface area (TPSA) is 34.0 Å². The van der Waals surface area contributed by atoms with Gasteiger partial charge in [-0.1, -0.05) is 41.4 Å². The molecule has 0 saturated carbocycles. The number of rotatable bonds is 5. The van der Waals surface area contributed by atoms with Crippen molar-refractivity contribution in [1.82, 2.24) is 4.57 Å². The number of halogens is 2. The van der Waals surface area contributed by atoms with Crippen molar-refractivity contribution in [2.75, 3.05) is 11.1 Å². The Kier molecular flexibility index (Phi) is 5.39. The van der Waals surface area contributed by atoms with Gasteiger partial charge >= 0.3 is 0 Å². The number of hydrogen-bond acceptors (Lipinski definition) is 2. The Bertz CT molecular complexity index is 892. The number of nitrogens with one attached hydrogen (secondary N) is 1. The van der Waals surface area contributed by atoms with E-state index in [4.69, 9.17) is 23.2 Å². The Morgan fingerprint density at radius 1 is 1.17 bits per heavy atom. The van der Waals surface area contributed by atoms with Gasteiger partial charge in [-0.05, 0) is 31.2 Å². The van der Waals surface area contributed by atoms with Crippen molar-refractivity contribution in [2.24, 2.45) is 0 Å². The first-order valence-electron chi connectivity index (χ1n) is 7.54. The molecule has 3 rings (SSSR count). The zero-order valence-electron chi connectivity index (χ0n) is 13.1. The number of hydrogen-bond donors (Lipinski definition) is 1. The highest BCUT2D eigenvalue weighted by Gasteiger charge is 2.10. The summed E-state index contributed by atoms with van der Waals surface area (Å²) < 4.78 is 2.19. The van der Waals surface area contributed by atoms with Crippen molar-refractivity contribution < 1.29 is 4.79 Å². The Labute approximate surface area is 154 Å². The van der Waals surface area contributed by atoms with Crippen LogP contribution in [0.3, 0.4) is 0 Å². The second kappa shape index (κ2) is 7.51. The van der Waals surface area contributed by atoms with Crippen molar-refractivity contribution in [3.63, 3.8) is 0 Å². The summed E-state index contributed by atoms with van der Waals surface area (Å²) in [4.78, 5) is 13.3. The molecule has 0 radical (unpaired) electrons. The van der Waals surface area contributed by atoms with Gasteiger partial charge in [-0.3, -0.25) is 4.79 Å². The maximum atomic E-state index is 12.2. The summed E-state index contributed by atoms with van der Waals surface area (Å²) in [6.07, 6.45) is 2.10. The molecule has 3 aromatic rings. The van der Waals surface area contributed by atoms with Crippen LogP contribution in [0.5, 0.6) is 0 Å². The number of carbonyl (C=O) groups is 1. The maximum absolute atomic E-state index is 12.2. The van der Waals surface area contributed by atoms with Gasteiger partial charge in [0, 0.05) is 34.2 Å². The SMILES string of the molecule is CCn1cc(SCC(=O)Nc2ccc(Cl)c(Cl)c2)c2ccccc21. The fourth-order valence-electron chi connectivity index (χ4n) is 2.50. The van der Waals surface area contributed by atoms with Crippen molar-refractivity contribution in [3.8, 4) is 0 Å². The molecule has 3 nitrogen and oxygen atoms in total. The molecule has 0 aliphatic rings. The summed E-state index contributed by atoms with van der Waals surface area (Å²) in [6.45, 7) is 3.01. The van der Waals surface area contributed by atoms with Gasteiger partial charge in [0.25, 0.3) is 0 Å². The molecule has 0 spiro atoms. The molecule has 0 saturated heterocycles. The van der Waals surface area contributed by atoms with Crippen LogP contribution in [0.15, 0.2) is 53.6 Å². The third-order valence-corrected chi connectivity index (χ3v) is 5.44. The number of aromatic nitrogens is 1. The van der Waals surface area contributed by atoms with E-state index in [-0.39, 0.29) is 5.91 Å². The lowest BCUT2D eigenvalue weighted by Gasteiger charge is -2.06. The van der Waals surface area contributed by atoms with Crippen molar-refractivity contribution >= 4 is 57.5 Å². The first kappa shape index (κ1) is 17.2. The lowest BCUT2D eigenvalue weighted by molar-refractivity contribution is -0.113. The van der Waals surface area contributed by atoms with E-state index in [1.165, 1.54) is 22.7 Å². The fourth-order valence-corrected chi connectivity index (χ4v) is 3.69. The summed E-state index contributed by atoms with van der Waals surface area (Å²) in [7, 11) is 0. The average molecular weight is 379 g/mol. The molecule has 0 unspecified atom stereocenters. The molecule has 124 valence electrons. The molecule has 24 heavy (non-hydrogen) atoms. The van der Waals surface area contributed by atoms with Crippen molar-refractivity contribution in [2.45, 2.75) is 18.4 Å². The predicted molar refractivity (Wildman–Crippen MR) is 103 cm³/mol. The van der Waals surface area contributed by atoms with Gasteiger partial charge in [-0.2, -0.15) is 0 Å². The van der Waals surface area contributed by atoms with E-state index in [0.717, 1.165) is 11.4 Å².